The first-order chi connectivity index (χ1) is 13.4. The number of anilines is 1. The number of carbonyl (C=O) groups excluding carboxylic acids is 2. The van der Waals surface area contributed by atoms with Gasteiger partial charge in [0.2, 0.25) is 0 Å². The quantitative estimate of drug-likeness (QED) is 0.469. The Morgan fingerprint density at radius 3 is 1.93 bits per heavy atom. The molecule has 0 N–H and O–H groups in total. The second-order valence-electron chi connectivity index (χ2n) is 9.12. The maximum absolute atomic E-state index is 15.2. The first-order valence-electron chi connectivity index (χ1n) is 9.78. The van der Waals surface area contributed by atoms with Crippen molar-refractivity contribution in [2.75, 3.05) is 11.7 Å². The number of hydrogen-bond acceptors (Lipinski definition) is 3. The van der Waals surface area contributed by atoms with Gasteiger partial charge in [-0.25, -0.2) is 4.79 Å². The molecule has 1 amide bonds. The standard InChI is InChI=1S/C24H30FNO3/c1-8-29-22(28)17-11-9-16(10-12-17)21(27)26(25)20-14-13-18(23(2,3)4)15-19(20)24(5,6)7/h9-15H,8H2,1-7H3. The van der Waals surface area contributed by atoms with Gasteiger partial charge >= 0.3 is 5.97 Å². The third kappa shape index (κ3) is 5.22. The molecule has 0 aliphatic heterocycles. The minimum absolute atomic E-state index is 0.0907. The highest BCUT2D eigenvalue weighted by Crippen LogP contribution is 2.36. The van der Waals surface area contributed by atoms with Gasteiger partial charge in [0, 0.05) is 5.56 Å². The predicted molar refractivity (Wildman–Crippen MR) is 114 cm³/mol. The molecule has 156 valence electrons. The summed E-state index contributed by atoms with van der Waals surface area (Å²) in [5.41, 5.74) is 2.08. The van der Waals surface area contributed by atoms with E-state index < -0.39 is 11.9 Å². The molecule has 0 atom stereocenters. The van der Waals surface area contributed by atoms with Gasteiger partial charge in [0.05, 0.1) is 17.9 Å². The molecule has 5 heteroatoms. The van der Waals surface area contributed by atoms with Gasteiger partial charge < -0.3 is 4.74 Å². The molecule has 0 aromatic heterocycles. The zero-order chi connectivity index (χ0) is 22.0. The van der Waals surface area contributed by atoms with Crippen molar-refractivity contribution in [3.05, 3.63) is 64.7 Å². The molecule has 2 aromatic carbocycles. The number of halogens is 1. The number of esters is 1. The lowest BCUT2D eigenvalue weighted by Crippen LogP contribution is -2.26. The van der Waals surface area contributed by atoms with Gasteiger partial charge in [0.25, 0.3) is 5.91 Å². The van der Waals surface area contributed by atoms with Crippen LogP contribution in [0.25, 0.3) is 0 Å². The Labute approximate surface area is 172 Å². The molecule has 4 nitrogen and oxygen atoms in total. The molecule has 0 radical (unpaired) electrons. The number of hydrogen-bond donors (Lipinski definition) is 0. The largest absolute Gasteiger partial charge is 0.462 e. The van der Waals surface area contributed by atoms with E-state index >= 15 is 4.48 Å². The van der Waals surface area contributed by atoms with Crippen molar-refractivity contribution in [1.29, 1.82) is 0 Å². The summed E-state index contributed by atoms with van der Waals surface area (Å²) in [7, 11) is 0. The monoisotopic (exact) mass is 399 g/mol. The first-order valence-corrected chi connectivity index (χ1v) is 9.78. The Bertz CT molecular complexity index is 890. The smallest absolute Gasteiger partial charge is 0.338 e. The molecule has 0 bridgehead atoms. The van der Waals surface area contributed by atoms with Crippen LogP contribution in [0.4, 0.5) is 10.2 Å². The van der Waals surface area contributed by atoms with E-state index in [0.717, 1.165) is 11.1 Å². The van der Waals surface area contributed by atoms with Crippen molar-refractivity contribution in [3.8, 4) is 0 Å². The Balaban J connectivity index is 2.39. The molecule has 0 spiro atoms. The minimum atomic E-state index is -0.783. The Kier molecular flexibility index (Phi) is 6.51. The third-order valence-corrected chi connectivity index (χ3v) is 4.70. The van der Waals surface area contributed by atoms with E-state index in [4.69, 9.17) is 4.74 Å². The van der Waals surface area contributed by atoms with Gasteiger partial charge in [-0.05, 0) is 59.2 Å². The van der Waals surface area contributed by atoms with Crippen LogP contribution in [0.1, 0.15) is 80.3 Å². The lowest BCUT2D eigenvalue weighted by Gasteiger charge is -2.28. The van der Waals surface area contributed by atoms with Crippen LogP contribution in [-0.4, -0.2) is 18.5 Å². The third-order valence-electron chi connectivity index (χ3n) is 4.70. The second kappa shape index (κ2) is 8.36. The average molecular weight is 400 g/mol. The van der Waals surface area contributed by atoms with Crippen molar-refractivity contribution < 1.29 is 18.8 Å². The molecule has 0 fully saturated rings. The molecule has 0 saturated heterocycles. The molecule has 2 rings (SSSR count). The molecular formula is C24H30FNO3. The van der Waals surface area contributed by atoms with E-state index in [0.29, 0.717) is 5.56 Å². The van der Waals surface area contributed by atoms with Crippen molar-refractivity contribution >= 4 is 17.6 Å². The molecule has 0 aliphatic rings. The van der Waals surface area contributed by atoms with Crippen LogP contribution in [0.3, 0.4) is 0 Å². The van der Waals surface area contributed by atoms with Gasteiger partial charge in [0.1, 0.15) is 0 Å². The fourth-order valence-corrected chi connectivity index (χ4v) is 2.96. The van der Waals surface area contributed by atoms with Gasteiger partial charge in [-0.1, -0.05) is 58.2 Å². The SMILES string of the molecule is CCOC(=O)c1ccc(C(=O)N(F)c2ccc(C(C)(C)C)cc2C(C)(C)C)cc1. The Hall–Kier alpha value is -2.69. The summed E-state index contributed by atoms with van der Waals surface area (Å²) in [5, 5.41) is 0.187. The minimum Gasteiger partial charge on any atom is -0.462 e. The number of amides is 1. The van der Waals surface area contributed by atoms with E-state index in [1.165, 1.54) is 24.3 Å². The fraction of sp³-hybridized carbons (Fsp3) is 0.417. The Morgan fingerprint density at radius 1 is 0.897 bits per heavy atom. The molecule has 0 unspecified atom stereocenters. The maximum atomic E-state index is 15.2. The highest BCUT2D eigenvalue weighted by molar-refractivity contribution is 6.05. The van der Waals surface area contributed by atoms with E-state index in [1.54, 1.807) is 13.0 Å². The zero-order valence-electron chi connectivity index (χ0n) is 18.3. The van der Waals surface area contributed by atoms with Crippen LogP contribution in [0, 0.1) is 0 Å². The van der Waals surface area contributed by atoms with Crippen LogP contribution in [0.15, 0.2) is 42.5 Å². The highest BCUT2D eigenvalue weighted by Gasteiger charge is 2.28. The highest BCUT2D eigenvalue weighted by atomic mass is 19.2. The van der Waals surface area contributed by atoms with Gasteiger partial charge in [0.15, 0.2) is 0 Å². The number of carbonyl (C=O) groups is 2. The molecule has 2 aromatic rings. The molecule has 29 heavy (non-hydrogen) atoms. The fourth-order valence-electron chi connectivity index (χ4n) is 2.96. The van der Waals surface area contributed by atoms with Gasteiger partial charge in [-0.2, -0.15) is 0 Å². The summed E-state index contributed by atoms with van der Waals surface area (Å²) in [6, 6.07) is 11.3. The number of benzene rings is 2. The summed E-state index contributed by atoms with van der Waals surface area (Å²) in [4.78, 5) is 24.5. The van der Waals surface area contributed by atoms with E-state index in [-0.39, 0.29) is 33.8 Å². The summed E-state index contributed by atoms with van der Waals surface area (Å²) < 4.78 is 20.1. The van der Waals surface area contributed by atoms with Crippen LogP contribution < -0.4 is 5.12 Å². The second-order valence-corrected chi connectivity index (χ2v) is 9.12. The van der Waals surface area contributed by atoms with E-state index in [1.807, 2.05) is 32.9 Å². The van der Waals surface area contributed by atoms with E-state index in [2.05, 4.69) is 20.8 Å². The molecular weight excluding hydrogens is 369 g/mol. The normalized spacial score (nSPS) is 11.9. The number of nitrogens with zero attached hydrogens (tertiary/aromatic N) is 1. The predicted octanol–water partition coefficient (Wildman–Crippen LogP) is 5.99. The van der Waals surface area contributed by atoms with Crippen LogP contribution in [0.5, 0.6) is 0 Å². The van der Waals surface area contributed by atoms with Gasteiger partial charge in [-0.3, -0.25) is 4.79 Å². The number of rotatable bonds is 4. The van der Waals surface area contributed by atoms with Crippen molar-refractivity contribution in [3.63, 3.8) is 0 Å². The molecule has 0 heterocycles. The average Bonchev–Trinajstić information content (AvgIpc) is 2.65. The van der Waals surface area contributed by atoms with Gasteiger partial charge in [-0.15, -0.1) is 5.12 Å². The lowest BCUT2D eigenvalue weighted by molar-refractivity contribution is 0.0526. The maximum Gasteiger partial charge on any atom is 0.338 e. The van der Waals surface area contributed by atoms with Crippen molar-refractivity contribution in [2.45, 2.75) is 59.3 Å². The summed E-state index contributed by atoms with van der Waals surface area (Å²) in [6.45, 7) is 14.2. The first kappa shape index (κ1) is 22.6. The van der Waals surface area contributed by atoms with Crippen LogP contribution >= 0.6 is 0 Å². The summed E-state index contributed by atoms with van der Waals surface area (Å²) in [5.74, 6) is -1.26. The molecule has 0 aliphatic carbocycles. The van der Waals surface area contributed by atoms with Crippen LogP contribution in [-0.2, 0) is 15.6 Å². The molecule has 0 saturated carbocycles. The van der Waals surface area contributed by atoms with Crippen LogP contribution in [0.2, 0.25) is 0 Å². The zero-order valence-corrected chi connectivity index (χ0v) is 18.3. The van der Waals surface area contributed by atoms with Crippen molar-refractivity contribution in [2.24, 2.45) is 0 Å². The summed E-state index contributed by atoms with van der Waals surface area (Å²) >= 11 is 0. The summed E-state index contributed by atoms with van der Waals surface area (Å²) in [6.07, 6.45) is 0. The Morgan fingerprint density at radius 2 is 1.45 bits per heavy atom. The topological polar surface area (TPSA) is 46.6 Å². The lowest BCUT2D eigenvalue weighted by atomic mass is 9.80. The number of ether oxygens (including phenoxy) is 1. The van der Waals surface area contributed by atoms with E-state index in [9.17, 15) is 9.59 Å². The van der Waals surface area contributed by atoms with Crippen molar-refractivity contribution in [1.82, 2.24) is 0 Å².